The molecular weight excluding hydrogens is 687 g/mol. The van der Waals surface area contributed by atoms with Crippen molar-refractivity contribution in [2.75, 3.05) is 39.4 Å². The number of allylic oxidation sites excluding steroid dienone is 2. The Bertz CT molecular complexity index is 1310. The summed E-state index contributed by atoms with van der Waals surface area (Å²) in [6.07, 6.45) is 6.68. The Morgan fingerprint density at radius 2 is 1.91 bits per heavy atom. The number of hydrogen-bond donors (Lipinski definition) is 3. The highest BCUT2D eigenvalue weighted by Crippen LogP contribution is 2.70. The molecule has 2 amide bonds. The van der Waals surface area contributed by atoms with Gasteiger partial charge in [-0.25, -0.2) is 4.79 Å². The van der Waals surface area contributed by atoms with Crippen molar-refractivity contribution in [3.63, 3.8) is 0 Å². The molecule has 0 radical (unpaired) electrons. The molecule has 0 aromatic carbocycles. The van der Waals surface area contributed by atoms with Crippen LogP contribution in [0.15, 0.2) is 23.2 Å². The second-order valence-corrected chi connectivity index (χ2v) is 16.7. The quantitative estimate of drug-likeness (QED) is 0.234. The van der Waals surface area contributed by atoms with Crippen LogP contribution in [0.2, 0.25) is 0 Å². The highest BCUT2D eigenvalue weighted by Gasteiger charge is 2.69. The summed E-state index contributed by atoms with van der Waals surface area (Å²) >= 11 is -1.06. The average Bonchev–Trinajstić information content (AvgIpc) is 2.94. The third-order valence-electron chi connectivity index (χ3n) is 9.95. The molecule has 3 N–H and O–H groups in total. The maximum absolute atomic E-state index is 14.4. The number of ketones is 1. The zero-order valence-corrected chi connectivity index (χ0v) is 30.1. The number of rotatable bonds is 9. The van der Waals surface area contributed by atoms with E-state index in [0.29, 0.717) is 65.5 Å². The van der Waals surface area contributed by atoms with Crippen molar-refractivity contribution in [2.24, 2.45) is 11.3 Å². The van der Waals surface area contributed by atoms with Gasteiger partial charge in [0.1, 0.15) is 27.2 Å². The Morgan fingerprint density at radius 3 is 2.49 bits per heavy atom. The summed E-state index contributed by atoms with van der Waals surface area (Å²) in [6, 6.07) is -0.103. The molecule has 0 spiro atoms. The van der Waals surface area contributed by atoms with Gasteiger partial charge >= 0.3 is 6.09 Å². The van der Waals surface area contributed by atoms with Crippen LogP contribution in [0.4, 0.5) is 4.79 Å². The molecule has 3 aliphatic carbocycles. The minimum Gasteiger partial charge on any atom is -0.444 e. The normalized spacial score (nSPS) is 29.6. The van der Waals surface area contributed by atoms with Crippen molar-refractivity contribution in [1.82, 2.24) is 23.5 Å². The highest BCUT2D eigenvalue weighted by molar-refractivity contribution is 14.2. The average molecular weight is 739 g/mol. The molecule has 3 saturated carbocycles. The van der Waals surface area contributed by atoms with E-state index in [1.807, 2.05) is 33.8 Å². The monoisotopic (exact) mass is 738 g/mol. The predicted octanol–water partition coefficient (Wildman–Crippen LogP) is 4.45. The van der Waals surface area contributed by atoms with E-state index in [-0.39, 0.29) is 41.7 Å². The zero-order chi connectivity index (χ0) is 32.7. The molecule has 6 aliphatic rings. The van der Waals surface area contributed by atoms with Crippen LogP contribution in [-0.2, 0) is 19.1 Å². The molecule has 3 heterocycles. The molecule has 45 heavy (non-hydrogen) atoms. The molecule has 250 valence electrons. The molecule has 1 atom stereocenters. The van der Waals surface area contributed by atoms with Gasteiger partial charge < -0.3 is 33.0 Å². The van der Waals surface area contributed by atoms with Crippen LogP contribution in [0, 0.1) is 16.7 Å². The number of nitrogens with one attached hydrogen (secondary N) is 3. The lowest BCUT2D eigenvalue weighted by Crippen LogP contribution is -2.76. The van der Waals surface area contributed by atoms with Crippen molar-refractivity contribution in [2.45, 2.75) is 104 Å². The number of carbonyl (C=O) groups is 3. The molecule has 4 fully saturated rings. The molecule has 11 nitrogen and oxygen atoms in total. The molecule has 2 bridgehead atoms. The fourth-order valence-corrected chi connectivity index (χ4v) is 9.60. The van der Waals surface area contributed by atoms with E-state index in [4.69, 9.17) is 9.47 Å². The first-order valence-electron chi connectivity index (χ1n) is 16.4. The number of piperazine rings is 1. The van der Waals surface area contributed by atoms with Crippen LogP contribution in [-0.4, -0.2) is 98.4 Å². The molecule has 0 aromatic heterocycles. The lowest BCUT2D eigenvalue weighted by atomic mass is 9.36. The summed E-state index contributed by atoms with van der Waals surface area (Å²) in [6.45, 7) is 16.6. The second kappa shape index (κ2) is 13.0. The molecule has 6 rings (SSSR count). The third-order valence-corrected chi connectivity index (χ3v) is 12.5. The zero-order valence-electron chi connectivity index (χ0n) is 28.0. The number of amidine groups is 1. The van der Waals surface area contributed by atoms with E-state index in [1.165, 1.54) is 0 Å². The third kappa shape index (κ3) is 6.82. The van der Waals surface area contributed by atoms with Crippen LogP contribution in [0.25, 0.3) is 0 Å². The Hall–Kier alpha value is -2.48. The number of nitrogens with zero attached hydrogens (tertiary/aromatic N) is 3. The summed E-state index contributed by atoms with van der Waals surface area (Å²) in [5.41, 5.74) is 1.97. The molecule has 0 unspecified atom stereocenters. The standard InChI is InChI=1S/C33H51IN6O5/c1-8-23-16-38(30(43)45-31(5,6)7)12-13-39(23)27-24(9-2)40(17-25(41)36-33-18-32(19-33,20-33)21(3)4)29(35)26(28(27)42)34-37-22-10-14-44-15-11-22/h10,21,23,35,37H,8-9,11-20H2,1-7H3,(H,36,41)/t23-,32?,33?/m0/s1. The van der Waals surface area contributed by atoms with E-state index in [1.54, 1.807) is 9.80 Å². The number of ether oxygens (including phenoxy) is 2. The first-order chi connectivity index (χ1) is 21.2. The number of carbonyl (C=O) groups excluding carboxylic acids is 3. The second-order valence-electron chi connectivity index (χ2n) is 14.5. The Balaban J connectivity index is 1.42. The van der Waals surface area contributed by atoms with E-state index < -0.39 is 26.6 Å². The van der Waals surface area contributed by atoms with Crippen molar-refractivity contribution >= 4 is 48.1 Å². The Labute approximate surface area is 278 Å². The lowest BCUT2D eigenvalue weighted by molar-refractivity contribution is -0.187. The van der Waals surface area contributed by atoms with E-state index in [2.05, 4.69) is 34.5 Å². The largest absolute Gasteiger partial charge is 0.444 e. The van der Waals surface area contributed by atoms with Crippen LogP contribution < -0.4 is 8.85 Å². The summed E-state index contributed by atoms with van der Waals surface area (Å²) in [7, 11) is 0. The fraction of sp³-hybridized carbons (Fsp3) is 0.727. The SMILES string of the molecule is CCC1=C(N2CCN(C(=O)OC(C)(C)C)C[C@@H]2CC)C(=O)C(=INC2=CCOCC2)C(=N)N1CC(=O)NC12CC(C(C)C)(C1)C2. The van der Waals surface area contributed by atoms with Crippen LogP contribution in [0.1, 0.15) is 87.0 Å². The van der Waals surface area contributed by atoms with Crippen LogP contribution >= 0.6 is 21.0 Å². The summed E-state index contributed by atoms with van der Waals surface area (Å²) in [5, 5.41) is 12.6. The van der Waals surface area contributed by atoms with Gasteiger partial charge in [0.2, 0.25) is 11.7 Å². The van der Waals surface area contributed by atoms with Gasteiger partial charge in [-0.2, -0.15) is 0 Å². The molecule has 12 heteroatoms. The molecule has 0 aromatic rings. The van der Waals surface area contributed by atoms with Crippen LogP contribution in [0.5, 0.6) is 0 Å². The first kappa shape index (κ1) is 33.9. The maximum Gasteiger partial charge on any atom is 0.410 e. The van der Waals surface area contributed by atoms with Crippen molar-refractivity contribution in [3.8, 4) is 0 Å². The minimum absolute atomic E-state index is 0.00760. The van der Waals surface area contributed by atoms with Gasteiger partial charge in [0.15, 0.2) is 0 Å². The Kier molecular flexibility index (Phi) is 9.76. The van der Waals surface area contributed by atoms with Crippen molar-refractivity contribution < 1.29 is 23.9 Å². The van der Waals surface area contributed by atoms with Gasteiger partial charge in [-0.15, -0.1) is 0 Å². The number of halogens is 1. The maximum atomic E-state index is 14.4. The Morgan fingerprint density at radius 1 is 1.20 bits per heavy atom. The number of amides is 2. The molecule has 1 saturated heterocycles. The lowest BCUT2D eigenvalue weighted by Gasteiger charge is -2.72. The van der Waals surface area contributed by atoms with Gasteiger partial charge in [0, 0.05) is 70.0 Å². The fourth-order valence-electron chi connectivity index (χ4n) is 7.44. The summed E-state index contributed by atoms with van der Waals surface area (Å²) in [5.74, 6) is 0.497. The smallest absolute Gasteiger partial charge is 0.410 e. The van der Waals surface area contributed by atoms with Gasteiger partial charge in [-0.1, -0.05) is 27.7 Å². The van der Waals surface area contributed by atoms with E-state index in [9.17, 15) is 19.8 Å². The van der Waals surface area contributed by atoms with Gasteiger partial charge in [-0.3, -0.25) is 15.0 Å². The molecule has 3 aliphatic heterocycles. The highest BCUT2D eigenvalue weighted by atomic mass is 127. The number of Topliss-reactive ketones (excluding diaryl/α,β-unsaturated/α-hetero) is 1. The van der Waals surface area contributed by atoms with Crippen LogP contribution in [0.3, 0.4) is 0 Å². The summed E-state index contributed by atoms with van der Waals surface area (Å²) in [4.78, 5) is 46.6. The summed E-state index contributed by atoms with van der Waals surface area (Å²) < 4.78 is 15.0. The van der Waals surface area contributed by atoms with Gasteiger partial charge in [0.05, 0.1) is 13.2 Å². The number of hydrogen-bond acceptors (Lipinski definition) is 8. The first-order valence-corrected chi connectivity index (χ1v) is 18.6. The van der Waals surface area contributed by atoms with E-state index >= 15 is 0 Å². The van der Waals surface area contributed by atoms with E-state index in [0.717, 1.165) is 37.8 Å². The van der Waals surface area contributed by atoms with Gasteiger partial charge in [0.25, 0.3) is 0 Å². The minimum atomic E-state index is -1.06. The van der Waals surface area contributed by atoms with Gasteiger partial charge in [-0.05, 0) is 70.3 Å². The predicted molar refractivity (Wildman–Crippen MR) is 183 cm³/mol. The van der Waals surface area contributed by atoms with Crippen molar-refractivity contribution in [1.29, 1.82) is 5.41 Å². The molecular formula is C33H51IN6O5. The topological polar surface area (TPSA) is 127 Å². The van der Waals surface area contributed by atoms with Crippen molar-refractivity contribution in [3.05, 3.63) is 23.2 Å².